The minimum Gasteiger partial charge on any atom is -0.358 e. The molecule has 0 aliphatic carbocycles. The Morgan fingerprint density at radius 1 is 1.73 bits per heavy atom. The second-order valence-electron chi connectivity index (χ2n) is 2.00. The average molecular weight is 173 g/mol. The summed E-state index contributed by atoms with van der Waals surface area (Å²) in [4.78, 5) is 13.3. The van der Waals surface area contributed by atoms with E-state index in [1.807, 2.05) is 0 Å². The predicted octanol–water partition coefficient (Wildman–Crippen LogP) is 1.95. The monoisotopic (exact) mass is 172 g/mol. The number of hydrogen-bond donors (Lipinski definition) is 0. The fourth-order valence-electron chi connectivity index (χ4n) is 0.686. The number of hydrogen-bond acceptors (Lipinski definition) is 3. The molecule has 1 rings (SSSR count). The lowest BCUT2D eigenvalue weighted by Gasteiger charge is -1.96. The van der Waals surface area contributed by atoms with Gasteiger partial charge in [0.1, 0.15) is 6.20 Å². The molecule has 58 valence electrons. The van der Waals surface area contributed by atoms with E-state index in [0.717, 1.165) is 0 Å². The van der Waals surface area contributed by atoms with Gasteiger partial charge in [0, 0.05) is 6.07 Å². The van der Waals surface area contributed by atoms with Crippen molar-refractivity contribution in [1.29, 1.82) is 0 Å². The van der Waals surface area contributed by atoms with Crippen molar-refractivity contribution in [3.63, 3.8) is 0 Å². The summed E-state index contributed by atoms with van der Waals surface area (Å²) in [5.41, 5.74) is 0.402. The van der Waals surface area contributed by atoms with Crippen LogP contribution in [-0.4, -0.2) is 9.91 Å². The van der Waals surface area contributed by atoms with Gasteiger partial charge in [-0.15, -0.1) is 0 Å². The molecule has 0 aromatic carbocycles. The maximum absolute atomic E-state index is 10.3. The van der Waals surface area contributed by atoms with Gasteiger partial charge in [0.15, 0.2) is 0 Å². The van der Waals surface area contributed by atoms with Gasteiger partial charge in [-0.25, -0.2) is 0 Å². The molecule has 0 amide bonds. The molecule has 0 N–H and O–H groups in total. The van der Waals surface area contributed by atoms with Crippen LogP contribution in [0.1, 0.15) is 5.56 Å². The fourth-order valence-corrected chi connectivity index (χ4v) is 0.827. The molecule has 1 heterocycles. The van der Waals surface area contributed by atoms with E-state index < -0.39 is 4.92 Å². The molecular weight excluding hydrogens is 168 g/mol. The molecule has 0 aliphatic heterocycles. The smallest absolute Gasteiger partial charge is 0.358 e. The standard InChI is InChI=1S/C6H5ClN2O2/c1-4-5(7)2-3-8-6(4)9(10)11/h2-3H,1H3. The van der Waals surface area contributed by atoms with Crippen LogP contribution >= 0.6 is 11.6 Å². The number of nitro groups is 1. The summed E-state index contributed by atoms with van der Waals surface area (Å²) in [6.45, 7) is 1.56. The van der Waals surface area contributed by atoms with Crippen molar-refractivity contribution in [2.24, 2.45) is 0 Å². The summed E-state index contributed by atoms with van der Waals surface area (Å²) in [7, 11) is 0. The van der Waals surface area contributed by atoms with Crippen molar-refractivity contribution in [2.45, 2.75) is 6.92 Å². The van der Waals surface area contributed by atoms with Crippen LogP contribution in [0.5, 0.6) is 0 Å². The number of aromatic nitrogens is 1. The first kappa shape index (κ1) is 7.94. The molecular formula is C6H5ClN2O2. The third-order valence-corrected chi connectivity index (χ3v) is 1.69. The van der Waals surface area contributed by atoms with Crippen LogP contribution in [0.15, 0.2) is 12.3 Å². The molecule has 0 fully saturated rings. The van der Waals surface area contributed by atoms with Gasteiger partial charge in [-0.05, 0) is 16.8 Å². The quantitative estimate of drug-likeness (QED) is 0.481. The summed E-state index contributed by atoms with van der Waals surface area (Å²) in [6, 6.07) is 1.52. The lowest BCUT2D eigenvalue weighted by molar-refractivity contribution is -0.390. The van der Waals surface area contributed by atoms with Gasteiger partial charge < -0.3 is 10.1 Å². The van der Waals surface area contributed by atoms with Gasteiger partial charge in [-0.2, -0.15) is 0 Å². The Bertz CT molecular complexity index is 301. The predicted molar refractivity (Wildman–Crippen MR) is 40.6 cm³/mol. The Morgan fingerprint density at radius 2 is 2.36 bits per heavy atom. The summed E-state index contributed by atoms with van der Waals surface area (Å²) in [6.07, 6.45) is 1.31. The number of halogens is 1. The zero-order chi connectivity index (χ0) is 8.43. The highest BCUT2D eigenvalue weighted by atomic mass is 35.5. The summed E-state index contributed by atoms with van der Waals surface area (Å²) < 4.78 is 0. The average Bonchev–Trinajstić information content (AvgIpc) is 1.94. The van der Waals surface area contributed by atoms with Crippen molar-refractivity contribution in [3.05, 3.63) is 33.0 Å². The highest BCUT2D eigenvalue weighted by molar-refractivity contribution is 6.31. The van der Waals surface area contributed by atoms with Crippen molar-refractivity contribution >= 4 is 17.4 Å². The van der Waals surface area contributed by atoms with E-state index in [1.54, 1.807) is 6.92 Å². The Hall–Kier alpha value is -1.16. The minimum atomic E-state index is -0.554. The molecule has 5 heteroatoms. The van der Waals surface area contributed by atoms with Crippen LogP contribution in [0.25, 0.3) is 0 Å². The van der Waals surface area contributed by atoms with Crippen LogP contribution in [0.4, 0.5) is 5.82 Å². The van der Waals surface area contributed by atoms with Gasteiger partial charge in [-0.1, -0.05) is 11.6 Å². The summed E-state index contributed by atoms with van der Waals surface area (Å²) in [5.74, 6) is -0.183. The van der Waals surface area contributed by atoms with Gasteiger partial charge in [-0.3, -0.25) is 0 Å². The lowest BCUT2D eigenvalue weighted by Crippen LogP contribution is -1.94. The zero-order valence-electron chi connectivity index (χ0n) is 5.74. The van der Waals surface area contributed by atoms with Gasteiger partial charge in [0.05, 0.1) is 10.6 Å². The Labute approximate surface area is 68.0 Å². The van der Waals surface area contributed by atoms with Crippen LogP contribution < -0.4 is 0 Å². The molecule has 0 saturated heterocycles. The van der Waals surface area contributed by atoms with E-state index >= 15 is 0 Å². The third kappa shape index (κ3) is 1.46. The second-order valence-corrected chi connectivity index (χ2v) is 2.41. The topological polar surface area (TPSA) is 56.0 Å². The largest absolute Gasteiger partial charge is 0.367 e. The van der Waals surface area contributed by atoms with E-state index in [1.165, 1.54) is 12.3 Å². The number of rotatable bonds is 1. The van der Waals surface area contributed by atoms with Crippen LogP contribution in [-0.2, 0) is 0 Å². The van der Waals surface area contributed by atoms with Gasteiger partial charge in [0.2, 0.25) is 0 Å². The lowest BCUT2D eigenvalue weighted by atomic mass is 10.3. The van der Waals surface area contributed by atoms with Gasteiger partial charge >= 0.3 is 5.82 Å². The molecule has 0 unspecified atom stereocenters. The first-order valence-electron chi connectivity index (χ1n) is 2.88. The highest BCUT2D eigenvalue weighted by Crippen LogP contribution is 2.21. The second kappa shape index (κ2) is 2.84. The van der Waals surface area contributed by atoms with Gasteiger partial charge in [0.25, 0.3) is 0 Å². The molecule has 0 atom stereocenters. The molecule has 0 bridgehead atoms. The van der Waals surface area contributed by atoms with Crippen molar-refractivity contribution < 1.29 is 4.92 Å². The molecule has 0 aliphatic rings. The minimum absolute atomic E-state index is 0.183. The van der Waals surface area contributed by atoms with E-state index in [2.05, 4.69) is 4.98 Å². The van der Waals surface area contributed by atoms with Crippen molar-refractivity contribution in [2.75, 3.05) is 0 Å². The molecule has 0 saturated carbocycles. The van der Waals surface area contributed by atoms with Crippen molar-refractivity contribution in [1.82, 2.24) is 4.98 Å². The Kier molecular flexibility index (Phi) is 2.05. The highest BCUT2D eigenvalue weighted by Gasteiger charge is 2.12. The maximum atomic E-state index is 10.3. The Morgan fingerprint density at radius 3 is 2.82 bits per heavy atom. The summed E-state index contributed by atoms with van der Waals surface area (Å²) in [5, 5.41) is 10.6. The molecule has 1 aromatic heterocycles. The summed E-state index contributed by atoms with van der Waals surface area (Å²) >= 11 is 5.61. The fraction of sp³-hybridized carbons (Fsp3) is 0.167. The van der Waals surface area contributed by atoms with E-state index in [-0.39, 0.29) is 5.82 Å². The molecule has 4 nitrogen and oxygen atoms in total. The van der Waals surface area contributed by atoms with E-state index in [9.17, 15) is 10.1 Å². The number of nitrogens with zero attached hydrogens (tertiary/aromatic N) is 2. The maximum Gasteiger partial charge on any atom is 0.367 e. The van der Waals surface area contributed by atoms with E-state index in [4.69, 9.17) is 11.6 Å². The third-order valence-electron chi connectivity index (χ3n) is 1.28. The molecule has 11 heavy (non-hydrogen) atoms. The van der Waals surface area contributed by atoms with Crippen molar-refractivity contribution in [3.8, 4) is 0 Å². The first-order valence-corrected chi connectivity index (χ1v) is 3.26. The molecule has 0 radical (unpaired) electrons. The Balaban J connectivity index is 3.27. The van der Waals surface area contributed by atoms with Crippen LogP contribution in [0, 0.1) is 17.0 Å². The normalized spacial score (nSPS) is 9.64. The zero-order valence-corrected chi connectivity index (χ0v) is 6.50. The van der Waals surface area contributed by atoms with E-state index in [0.29, 0.717) is 10.6 Å². The first-order chi connectivity index (χ1) is 5.13. The number of pyridine rings is 1. The van der Waals surface area contributed by atoms with Crippen LogP contribution in [0.3, 0.4) is 0 Å². The molecule has 1 aromatic rings. The van der Waals surface area contributed by atoms with Crippen LogP contribution in [0.2, 0.25) is 5.02 Å². The SMILES string of the molecule is Cc1c(Cl)ccnc1[N+](=O)[O-]. The molecule has 0 spiro atoms.